The number of benzene rings is 2. The summed E-state index contributed by atoms with van der Waals surface area (Å²) in [6.07, 6.45) is 0.304. The Hall–Kier alpha value is -0.810. The third-order valence-electron chi connectivity index (χ3n) is 3.50. The maximum absolute atomic E-state index is 13.9. The first-order valence-corrected chi connectivity index (χ1v) is 8.57. The molecule has 2 aromatic rings. The van der Waals surface area contributed by atoms with Gasteiger partial charge in [0.2, 0.25) is 0 Å². The van der Waals surface area contributed by atoms with Crippen LogP contribution in [0.1, 0.15) is 11.1 Å². The number of rotatable bonds is 5. The van der Waals surface area contributed by atoms with Crippen LogP contribution in [0.25, 0.3) is 0 Å². The van der Waals surface area contributed by atoms with Crippen molar-refractivity contribution in [1.82, 2.24) is 0 Å². The molecule has 0 fully saturated rings. The first kappa shape index (κ1) is 16.6. The molecule has 0 spiro atoms. The lowest BCUT2D eigenvalue weighted by Gasteiger charge is -2.31. The summed E-state index contributed by atoms with van der Waals surface area (Å²) < 4.78 is 40.3. The average molecular weight is 422 g/mol. The minimum Gasteiger partial charge on any atom is -0.207 e. The standard InChI is InChI=1S/C16H13Br2F3/c17-9-16(10-18,12-1-3-13(19)4-2-12)8-11-7-14(20)5-6-15(11)21/h1-7H,8-10H2. The smallest absolute Gasteiger partial charge is 0.126 e. The van der Waals surface area contributed by atoms with E-state index in [1.807, 2.05) is 0 Å². The normalized spacial score (nSPS) is 11.7. The molecule has 0 saturated carbocycles. The zero-order valence-corrected chi connectivity index (χ0v) is 14.2. The molecule has 0 aliphatic rings. The van der Waals surface area contributed by atoms with E-state index < -0.39 is 17.0 Å². The van der Waals surface area contributed by atoms with E-state index in [9.17, 15) is 13.2 Å². The molecule has 0 atom stereocenters. The molecular formula is C16H13Br2F3. The van der Waals surface area contributed by atoms with Crippen molar-refractivity contribution in [3.8, 4) is 0 Å². The van der Waals surface area contributed by atoms with Crippen molar-refractivity contribution in [1.29, 1.82) is 0 Å². The van der Waals surface area contributed by atoms with Crippen molar-refractivity contribution < 1.29 is 13.2 Å². The molecule has 112 valence electrons. The highest BCUT2D eigenvalue weighted by Crippen LogP contribution is 2.33. The first-order valence-electron chi connectivity index (χ1n) is 6.33. The molecule has 0 aliphatic carbocycles. The van der Waals surface area contributed by atoms with Crippen LogP contribution in [0.3, 0.4) is 0 Å². The molecule has 0 nitrogen and oxygen atoms in total. The third kappa shape index (κ3) is 3.69. The van der Waals surface area contributed by atoms with Gasteiger partial charge in [0.1, 0.15) is 17.5 Å². The monoisotopic (exact) mass is 420 g/mol. The molecular weight excluding hydrogens is 409 g/mol. The Bertz CT molecular complexity index is 607. The van der Waals surface area contributed by atoms with Gasteiger partial charge < -0.3 is 0 Å². The van der Waals surface area contributed by atoms with Crippen LogP contribution in [0.15, 0.2) is 42.5 Å². The fourth-order valence-electron chi connectivity index (χ4n) is 2.23. The van der Waals surface area contributed by atoms with Gasteiger partial charge in [-0.05, 0) is 47.9 Å². The lowest BCUT2D eigenvalue weighted by atomic mass is 9.79. The van der Waals surface area contributed by atoms with Crippen LogP contribution < -0.4 is 0 Å². The fourth-order valence-corrected chi connectivity index (χ4v) is 4.21. The van der Waals surface area contributed by atoms with Gasteiger partial charge in [-0.3, -0.25) is 0 Å². The second kappa shape index (κ2) is 6.97. The quantitative estimate of drug-likeness (QED) is 0.569. The summed E-state index contributed by atoms with van der Waals surface area (Å²) in [5.41, 5.74) is 0.682. The largest absolute Gasteiger partial charge is 0.207 e. The van der Waals surface area contributed by atoms with Gasteiger partial charge in [0.25, 0.3) is 0 Å². The number of halogens is 5. The van der Waals surface area contributed by atoms with E-state index in [-0.39, 0.29) is 5.82 Å². The van der Waals surface area contributed by atoms with Crippen LogP contribution in [-0.2, 0) is 11.8 Å². The van der Waals surface area contributed by atoms with E-state index in [4.69, 9.17) is 0 Å². The Labute approximate surface area is 138 Å². The summed E-state index contributed by atoms with van der Waals surface area (Å²) in [5.74, 6) is -1.23. The molecule has 0 radical (unpaired) electrons. The van der Waals surface area contributed by atoms with Crippen molar-refractivity contribution >= 4 is 31.9 Å². The van der Waals surface area contributed by atoms with Crippen molar-refractivity contribution in [3.05, 3.63) is 71.0 Å². The first-order chi connectivity index (χ1) is 10.0. The molecule has 0 amide bonds. The van der Waals surface area contributed by atoms with Crippen LogP contribution in [0.2, 0.25) is 0 Å². The average Bonchev–Trinajstić information content (AvgIpc) is 2.49. The molecule has 0 aromatic heterocycles. The van der Waals surface area contributed by atoms with Gasteiger partial charge in [-0.25, -0.2) is 13.2 Å². The van der Waals surface area contributed by atoms with E-state index in [1.165, 1.54) is 18.2 Å². The molecule has 0 bridgehead atoms. The highest BCUT2D eigenvalue weighted by molar-refractivity contribution is 9.09. The summed E-state index contributed by atoms with van der Waals surface area (Å²) >= 11 is 6.90. The Kier molecular flexibility index (Phi) is 5.49. The molecule has 5 heteroatoms. The molecule has 0 N–H and O–H groups in total. The lowest BCUT2D eigenvalue weighted by molar-refractivity contribution is 0.514. The van der Waals surface area contributed by atoms with Gasteiger partial charge in [-0.15, -0.1) is 0 Å². The Balaban J connectivity index is 2.42. The van der Waals surface area contributed by atoms with E-state index in [2.05, 4.69) is 31.9 Å². The van der Waals surface area contributed by atoms with Crippen LogP contribution in [0.5, 0.6) is 0 Å². The summed E-state index contributed by atoms with van der Waals surface area (Å²) in [6.45, 7) is 0. The number of hydrogen-bond acceptors (Lipinski definition) is 0. The van der Waals surface area contributed by atoms with Gasteiger partial charge in [0, 0.05) is 16.1 Å². The Morgan fingerprint density at radius 2 is 1.38 bits per heavy atom. The third-order valence-corrected chi connectivity index (χ3v) is 5.65. The van der Waals surface area contributed by atoms with Crippen LogP contribution in [0.4, 0.5) is 13.2 Å². The predicted octanol–water partition coefficient (Wildman–Crippen LogP) is 5.37. The van der Waals surface area contributed by atoms with Gasteiger partial charge in [-0.2, -0.15) is 0 Å². The van der Waals surface area contributed by atoms with Crippen molar-refractivity contribution in [2.24, 2.45) is 0 Å². The van der Waals surface area contributed by atoms with Crippen LogP contribution in [-0.4, -0.2) is 10.7 Å². The lowest BCUT2D eigenvalue weighted by Crippen LogP contribution is -2.33. The minimum atomic E-state index is -0.484. The van der Waals surface area contributed by atoms with E-state index >= 15 is 0 Å². The summed E-state index contributed by atoms with van der Waals surface area (Å²) in [7, 11) is 0. The van der Waals surface area contributed by atoms with E-state index in [0.29, 0.717) is 22.6 Å². The van der Waals surface area contributed by atoms with E-state index in [1.54, 1.807) is 12.1 Å². The molecule has 21 heavy (non-hydrogen) atoms. The number of alkyl halides is 2. The van der Waals surface area contributed by atoms with Crippen molar-refractivity contribution in [2.45, 2.75) is 11.8 Å². The molecule has 0 unspecified atom stereocenters. The van der Waals surface area contributed by atoms with Gasteiger partial charge in [-0.1, -0.05) is 44.0 Å². The topological polar surface area (TPSA) is 0 Å². The van der Waals surface area contributed by atoms with Gasteiger partial charge in [0.15, 0.2) is 0 Å². The second-order valence-electron chi connectivity index (χ2n) is 4.97. The summed E-state index contributed by atoms with van der Waals surface area (Å²) in [6, 6.07) is 9.53. The summed E-state index contributed by atoms with van der Waals surface area (Å²) in [5, 5.41) is 1.07. The molecule has 2 aromatic carbocycles. The van der Waals surface area contributed by atoms with Gasteiger partial charge >= 0.3 is 0 Å². The maximum Gasteiger partial charge on any atom is 0.126 e. The number of hydrogen-bond donors (Lipinski definition) is 0. The van der Waals surface area contributed by atoms with Crippen LogP contribution >= 0.6 is 31.9 Å². The highest BCUT2D eigenvalue weighted by atomic mass is 79.9. The van der Waals surface area contributed by atoms with Crippen LogP contribution in [0, 0.1) is 17.5 Å². The fraction of sp³-hybridized carbons (Fsp3) is 0.250. The predicted molar refractivity (Wildman–Crippen MR) is 85.7 cm³/mol. The molecule has 2 rings (SSSR count). The second-order valence-corrected chi connectivity index (χ2v) is 6.09. The molecule has 0 heterocycles. The van der Waals surface area contributed by atoms with Crippen molar-refractivity contribution in [3.63, 3.8) is 0 Å². The zero-order valence-electron chi connectivity index (χ0n) is 11.1. The highest BCUT2D eigenvalue weighted by Gasteiger charge is 2.31. The minimum absolute atomic E-state index is 0.304. The maximum atomic E-state index is 13.9. The van der Waals surface area contributed by atoms with Crippen molar-refractivity contribution in [2.75, 3.05) is 10.7 Å². The van der Waals surface area contributed by atoms with Gasteiger partial charge in [0.05, 0.1) is 0 Å². The Morgan fingerprint density at radius 1 is 0.810 bits per heavy atom. The van der Waals surface area contributed by atoms with E-state index in [0.717, 1.165) is 17.7 Å². The SMILES string of the molecule is Fc1ccc(C(CBr)(CBr)Cc2cc(F)ccc2F)cc1. The summed E-state index contributed by atoms with van der Waals surface area (Å²) in [4.78, 5) is 0. The zero-order chi connectivity index (χ0) is 15.5. The molecule has 0 saturated heterocycles. The Morgan fingerprint density at radius 3 is 1.95 bits per heavy atom. The molecule has 0 aliphatic heterocycles.